The SMILES string of the molecule is Cc1[nH]c2ccccc2c1CC(=O)N[C@@]1(C(=O)O)CCSC1. The van der Waals surface area contributed by atoms with E-state index in [1.165, 1.54) is 0 Å². The summed E-state index contributed by atoms with van der Waals surface area (Å²) in [5.74, 6) is 0.0128. The van der Waals surface area contributed by atoms with E-state index < -0.39 is 11.5 Å². The predicted molar refractivity (Wildman–Crippen MR) is 87.2 cm³/mol. The number of benzene rings is 1. The molecule has 0 saturated carbocycles. The van der Waals surface area contributed by atoms with E-state index in [4.69, 9.17) is 0 Å². The number of hydrogen-bond acceptors (Lipinski definition) is 3. The van der Waals surface area contributed by atoms with Crippen LogP contribution < -0.4 is 5.32 Å². The first-order valence-electron chi connectivity index (χ1n) is 7.20. The zero-order valence-corrected chi connectivity index (χ0v) is 13.1. The van der Waals surface area contributed by atoms with Gasteiger partial charge >= 0.3 is 5.97 Å². The number of nitrogens with one attached hydrogen (secondary N) is 2. The summed E-state index contributed by atoms with van der Waals surface area (Å²) >= 11 is 1.56. The number of rotatable bonds is 4. The highest BCUT2D eigenvalue weighted by molar-refractivity contribution is 7.99. The topological polar surface area (TPSA) is 82.2 Å². The number of H-pyrrole nitrogens is 1. The molecule has 3 N–H and O–H groups in total. The maximum atomic E-state index is 12.4. The third-order valence-corrected chi connectivity index (χ3v) is 5.36. The molecule has 1 amide bonds. The Morgan fingerprint density at radius 3 is 2.86 bits per heavy atom. The number of aliphatic carboxylic acids is 1. The number of carboxylic acids is 1. The number of aromatic amines is 1. The molecule has 1 saturated heterocycles. The number of para-hydroxylation sites is 1. The maximum absolute atomic E-state index is 12.4. The summed E-state index contributed by atoms with van der Waals surface area (Å²) in [7, 11) is 0. The number of aromatic nitrogens is 1. The normalized spacial score (nSPS) is 21.1. The maximum Gasteiger partial charge on any atom is 0.330 e. The van der Waals surface area contributed by atoms with E-state index in [-0.39, 0.29) is 12.3 Å². The molecule has 3 rings (SSSR count). The number of hydrogen-bond donors (Lipinski definition) is 3. The molecule has 22 heavy (non-hydrogen) atoms. The fourth-order valence-corrected chi connectivity index (χ4v) is 4.25. The molecule has 6 heteroatoms. The van der Waals surface area contributed by atoms with Crippen LogP contribution in [-0.4, -0.2) is 39.0 Å². The quantitative estimate of drug-likeness (QED) is 0.806. The van der Waals surface area contributed by atoms with E-state index in [2.05, 4.69) is 10.3 Å². The first kappa shape index (κ1) is 15.0. The van der Waals surface area contributed by atoms with Gasteiger partial charge in [0.2, 0.25) is 5.91 Å². The van der Waals surface area contributed by atoms with Crippen molar-refractivity contribution >= 4 is 34.5 Å². The minimum absolute atomic E-state index is 0.190. The van der Waals surface area contributed by atoms with Crippen LogP contribution in [0.5, 0.6) is 0 Å². The molecule has 1 aromatic carbocycles. The highest BCUT2D eigenvalue weighted by Crippen LogP contribution is 2.29. The van der Waals surface area contributed by atoms with E-state index in [9.17, 15) is 14.7 Å². The molecule has 1 aliphatic heterocycles. The van der Waals surface area contributed by atoms with Crippen LogP contribution in [0, 0.1) is 6.92 Å². The van der Waals surface area contributed by atoms with Crippen LogP contribution in [-0.2, 0) is 16.0 Å². The Labute approximate surface area is 132 Å². The number of carbonyl (C=O) groups excluding carboxylic acids is 1. The molecular formula is C16H18N2O3S. The first-order valence-corrected chi connectivity index (χ1v) is 8.36. The van der Waals surface area contributed by atoms with Crippen molar-refractivity contribution in [2.24, 2.45) is 0 Å². The number of thioether (sulfide) groups is 1. The third kappa shape index (κ3) is 2.59. The van der Waals surface area contributed by atoms with Gasteiger partial charge in [-0.2, -0.15) is 11.8 Å². The molecule has 0 radical (unpaired) electrons. The van der Waals surface area contributed by atoms with Crippen LogP contribution in [0.4, 0.5) is 0 Å². The summed E-state index contributed by atoms with van der Waals surface area (Å²) < 4.78 is 0. The van der Waals surface area contributed by atoms with Crippen molar-refractivity contribution in [1.82, 2.24) is 10.3 Å². The minimum Gasteiger partial charge on any atom is -0.479 e. The Kier molecular flexibility index (Phi) is 3.87. The Morgan fingerprint density at radius 2 is 2.18 bits per heavy atom. The standard InChI is InChI=1S/C16H18N2O3S/c1-10-12(11-4-2-3-5-13(11)17-10)8-14(19)18-16(15(20)21)6-7-22-9-16/h2-5,17H,6-9H2,1H3,(H,18,19)(H,20,21)/t16-/m0/s1. The van der Waals surface area contributed by atoms with Crippen LogP contribution in [0.15, 0.2) is 24.3 Å². The van der Waals surface area contributed by atoms with Crippen LogP contribution in [0.2, 0.25) is 0 Å². The zero-order valence-electron chi connectivity index (χ0n) is 12.3. The third-order valence-electron chi connectivity index (χ3n) is 4.17. The van der Waals surface area contributed by atoms with E-state index in [1.807, 2.05) is 31.2 Å². The second kappa shape index (κ2) is 5.68. The summed E-state index contributed by atoms with van der Waals surface area (Å²) in [6, 6.07) is 7.82. The van der Waals surface area contributed by atoms with E-state index in [0.717, 1.165) is 27.9 Å². The summed E-state index contributed by atoms with van der Waals surface area (Å²) in [5.41, 5.74) is 1.76. The number of fused-ring (bicyclic) bond motifs is 1. The van der Waals surface area contributed by atoms with E-state index in [1.54, 1.807) is 11.8 Å². The molecule has 0 bridgehead atoms. The number of carbonyl (C=O) groups is 2. The molecule has 1 aliphatic rings. The highest BCUT2D eigenvalue weighted by atomic mass is 32.2. The molecule has 0 spiro atoms. The zero-order chi connectivity index (χ0) is 15.7. The number of amides is 1. The Morgan fingerprint density at radius 1 is 1.41 bits per heavy atom. The molecule has 0 aliphatic carbocycles. The average Bonchev–Trinajstić information content (AvgIpc) is 3.06. The Hall–Kier alpha value is -1.95. The lowest BCUT2D eigenvalue weighted by molar-refractivity contribution is -0.146. The fourth-order valence-electron chi connectivity index (χ4n) is 2.92. The van der Waals surface area contributed by atoms with Crippen molar-refractivity contribution in [2.75, 3.05) is 11.5 Å². The monoisotopic (exact) mass is 318 g/mol. The lowest BCUT2D eigenvalue weighted by atomic mass is 9.98. The molecule has 1 atom stereocenters. The molecule has 116 valence electrons. The van der Waals surface area contributed by atoms with Crippen molar-refractivity contribution < 1.29 is 14.7 Å². The lowest BCUT2D eigenvalue weighted by Crippen LogP contribution is -2.55. The van der Waals surface area contributed by atoms with Crippen LogP contribution in [0.1, 0.15) is 17.7 Å². The van der Waals surface area contributed by atoms with Gasteiger partial charge in [0.05, 0.1) is 6.42 Å². The Balaban J connectivity index is 1.81. The van der Waals surface area contributed by atoms with Gasteiger partial charge in [0.15, 0.2) is 0 Å². The second-order valence-electron chi connectivity index (χ2n) is 5.69. The summed E-state index contributed by atoms with van der Waals surface area (Å²) in [5, 5.41) is 13.2. The van der Waals surface area contributed by atoms with Crippen molar-refractivity contribution in [2.45, 2.75) is 25.3 Å². The number of carboxylic acid groups (broad SMARTS) is 1. The van der Waals surface area contributed by atoms with Gasteiger partial charge in [0, 0.05) is 22.3 Å². The van der Waals surface area contributed by atoms with Gasteiger partial charge in [0.25, 0.3) is 0 Å². The molecule has 2 aromatic rings. The van der Waals surface area contributed by atoms with Gasteiger partial charge in [0.1, 0.15) is 5.54 Å². The summed E-state index contributed by atoms with van der Waals surface area (Å²) in [4.78, 5) is 27.1. The van der Waals surface area contributed by atoms with Gasteiger partial charge < -0.3 is 15.4 Å². The lowest BCUT2D eigenvalue weighted by Gasteiger charge is -2.24. The van der Waals surface area contributed by atoms with E-state index in [0.29, 0.717) is 12.2 Å². The summed E-state index contributed by atoms with van der Waals surface area (Å²) in [6.45, 7) is 1.93. The minimum atomic E-state index is -1.11. The van der Waals surface area contributed by atoms with Gasteiger partial charge in [-0.1, -0.05) is 18.2 Å². The smallest absolute Gasteiger partial charge is 0.330 e. The second-order valence-corrected chi connectivity index (χ2v) is 6.79. The number of aryl methyl sites for hydroxylation is 1. The Bertz CT molecular complexity index is 732. The van der Waals surface area contributed by atoms with Crippen molar-refractivity contribution in [3.63, 3.8) is 0 Å². The van der Waals surface area contributed by atoms with E-state index >= 15 is 0 Å². The van der Waals surface area contributed by atoms with Crippen LogP contribution >= 0.6 is 11.8 Å². The predicted octanol–water partition coefficient (Wildman–Crippen LogP) is 2.10. The highest BCUT2D eigenvalue weighted by Gasteiger charge is 2.43. The largest absolute Gasteiger partial charge is 0.479 e. The fraction of sp³-hybridized carbons (Fsp3) is 0.375. The van der Waals surface area contributed by atoms with Crippen LogP contribution in [0.25, 0.3) is 10.9 Å². The van der Waals surface area contributed by atoms with Gasteiger partial charge in [-0.05, 0) is 30.7 Å². The van der Waals surface area contributed by atoms with Crippen molar-refractivity contribution in [3.8, 4) is 0 Å². The average molecular weight is 318 g/mol. The first-order chi connectivity index (χ1) is 10.5. The molecule has 0 unspecified atom stereocenters. The van der Waals surface area contributed by atoms with Crippen molar-refractivity contribution in [1.29, 1.82) is 0 Å². The molecule has 2 heterocycles. The molecule has 1 aromatic heterocycles. The van der Waals surface area contributed by atoms with Gasteiger partial charge in [-0.3, -0.25) is 4.79 Å². The van der Waals surface area contributed by atoms with Gasteiger partial charge in [-0.25, -0.2) is 4.79 Å². The van der Waals surface area contributed by atoms with Gasteiger partial charge in [-0.15, -0.1) is 0 Å². The summed E-state index contributed by atoms with van der Waals surface area (Å²) in [6.07, 6.45) is 0.668. The van der Waals surface area contributed by atoms with Crippen molar-refractivity contribution in [3.05, 3.63) is 35.5 Å². The molecular weight excluding hydrogens is 300 g/mol. The molecule has 5 nitrogen and oxygen atoms in total. The molecule has 1 fully saturated rings. The van der Waals surface area contributed by atoms with Crippen LogP contribution in [0.3, 0.4) is 0 Å².